The van der Waals surface area contributed by atoms with Crippen LogP contribution in [0.25, 0.3) is 0 Å². The number of methoxy groups -OCH3 is 1. The molecule has 1 aliphatic heterocycles. The zero-order chi connectivity index (χ0) is 13.8. The van der Waals surface area contributed by atoms with Gasteiger partial charge in [-0.15, -0.1) is 0 Å². The van der Waals surface area contributed by atoms with Crippen molar-refractivity contribution in [3.63, 3.8) is 0 Å². The second-order valence-corrected chi connectivity index (χ2v) is 5.62. The average Bonchev–Trinajstić information content (AvgIpc) is 2.42. The Morgan fingerprint density at radius 3 is 2.58 bits per heavy atom. The molecule has 1 aromatic rings. The van der Waals surface area contributed by atoms with Gasteiger partial charge in [-0.2, -0.15) is 0 Å². The summed E-state index contributed by atoms with van der Waals surface area (Å²) in [6.07, 6.45) is 3.14. The van der Waals surface area contributed by atoms with Gasteiger partial charge in [-0.25, -0.2) is 0 Å². The van der Waals surface area contributed by atoms with E-state index in [1.54, 1.807) is 7.11 Å². The van der Waals surface area contributed by atoms with Crippen LogP contribution in [0.1, 0.15) is 25.8 Å². The number of rotatable bonds is 3. The molecule has 0 bridgehead atoms. The largest absolute Gasteiger partial charge is 0.497 e. The third-order valence-corrected chi connectivity index (χ3v) is 4.10. The fraction of sp³-hybridized carbons (Fsp3) is 0.562. The van der Waals surface area contributed by atoms with Gasteiger partial charge in [0.05, 0.1) is 13.2 Å². The summed E-state index contributed by atoms with van der Waals surface area (Å²) in [7, 11) is 3.88. The summed E-state index contributed by atoms with van der Waals surface area (Å²) in [6, 6.07) is 9.10. The number of piperidine rings is 1. The summed E-state index contributed by atoms with van der Waals surface area (Å²) in [5.74, 6) is 1.51. The molecule has 2 rings (SSSR count). The van der Waals surface area contributed by atoms with Crippen molar-refractivity contribution in [3.8, 4) is 5.75 Å². The molecule has 0 spiro atoms. The second kappa shape index (κ2) is 6.20. The van der Waals surface area contributed by atoms with Crippen molar-refractivity contribution in [2.24, 2.45) is 10.9 Å². The van der Waals surface area contributed by atoms with Crippen LogP contribution in [0.15, 0.2) is 29.3 Å². The lowest BCUT2D eigenvalue weighted by Crippen LogP contribution is -2.44. The van der Waals surface area contributed by atoms with Crippen LogP contribution in [0.3, 0.4) is 0 Å². The number of aliphatic imine (C=N–C) groups is 1. The number of likely N-dealkylation sites (tertiary alicyclic amines) is 1. The van der Waals surface area contributed by atoms with E-state index in [2.05, 4.69) is 25.8 Å². The molecule has 1 aromatic carbocycles. The lowest BCUT2D eigenvalue weighted by atomic mass is 9.90. The number of benzene rings is 1. The molecule has 1 aliphatic rings. The molecule has 0 unspecified atom stereocenters. The van der Waals surface area contributed by atoms with Crippen molar-refractivity contribution < 1.29 is 4.74 Å². The number of ether oxygens (including phenoxy) is 1. The first kappa shape index (κ1) is 14.1. The molecule has 3 nitrogen and oxygen atoms in total. The Kier molecular flexibility index (Phi) is 4.59. The highest BCUT2D eigenvalue weighted by Crippen LogP contribution is 2.23. The maximum absolute atomic E-state index is 5.16. The van der Waals surface area contributed by atoms with Gasteiger partial charge in [0.25, 0.3) is 0 Å². The molecular weight excluding hydrogens is 236 g/mol. The van der Waals surface area contributed by atoms with Gasteiger partial charge in [0.1, 0.15) is 5.75 Å². The van der Waals surface area contributed by atoms with Gasteiger partial charge in [-0.3, -0.25) is 4.99 Å². The highest BCUT2D eigenvalue weighted by atomic mass is 16.5. The smallest absolute Gasteiger partial charge is 0.118 e. The minimum Gasteiger partial charge on any atom is -0.497 e. The van der Waals surface area contributed by atoms with Crippen molar-refractivity contribution in [1.29, 1.82) is 0 Å². The van der Waals surface area contributed by atoms with Crippen molar-refractivity contribution in [3.05, 3.63) is 29.8 Å². The monoisotopic (exact) mass is 260 g/mol. The molecule has 0 amide bonds. The summed E-state index contributed by atoms with van der Waals surface area (Å²) >= 11 is 0. The molecule has 1 saturated heterocycles. The summed E-state index contributed by atoms with van der Waals surface area (Å²) in [6.45, 7) is 5.70. The van der Waals surface area contributed by atoms with E-state index in [1.807, 2.05) is 30.5 Å². The molecule has 1 fully saturated rings. The SMILES string of the molecule is COc1ccc(C=N[C@H]2C[C@@H](C)N(C)C[C@@H]2C)cc1. The Morgan fingerprint density at radius 1 is 1.26 bits per heavy atom. The summed E-state index contributed by atoms with van der Waals surface area (Å²) in [5, 5.41) is 0. The minimum atomic E-state index is 0.438. The van der Waals surface area contributed by atoms with Crippen molar-refractivity contribution in [1.82, 2.24) is 4.90 Å². The van der Waals surface area contributed by atoms with Crippen LogP contribution in [-0.4, -0.2) is 43.9 Å². The lowest BCUT2D eigenvalue weighted by Gasteiger charge is -2.37. The van der Waals surface area contributed by atoms with E-state index in [0.717, 1.165) is 24.3 Å². The van der Waals surface area contributed by atoms with Crippen LogP contribution in [0.2, 0.25) is 0 Å². The van der Waals surface area contributed by atoms with Gasteiger partial charge in [0.15, 0.2) is 0 Å². The fourth-order valence-corrected chi connectivity index (χ4v) is 2.60. The van der Waals surface area contributed by atoms with Gasteiger partial charge in [-0.05, 0) is 56.1 Å². The summed E-state index contributed by atoms with van der Waals surface area (Å²) in [4.78, 5) is 7.20. The molecule has 1 heterocycles. The van der Waals surface area contributed by atoms with Crippen molar-refractivity contribution in [2.45, 2.75) is 32.4 Å². The third-order valence-electron chi connectivity index (χ3n) is 4.10. The van der Waals surface area contributed by atoms with Gasteiger partial charge in [0.2, 0.25) is 0 Å². The lowest BCUT2D eigenvalue weighted by molar-refractivity contribution is 0.139. The zero-order valence-corrected chi connectivity index (χ0v) is 12.3. The van der Waals surface area contributed by atoms with Crippen LogP contribution >= 0.6 is 0 Å². The van der Waals surface area contributed by atoms with Gasteiger partial charge in [0, 0.05) is 18.8 Å². The normalized spacial score (nSPS) is 28.7. The standard InChI is InChI=1S/C16H24N2O/c1-12-11-18(3)13(2)9-16(12)17-10-14-5-7-15(19-4)8-6-14/h5-8,10,12-13,16H,9,11H2,1-4H3/t12-,13+,16-/m0/s1. The molecule has 104 valence electrons. The topological polar surface area (TPSA) is 24.8 Å². The first-order valence-corrected chi connectivity index (χ1v) is 6.97. The first-order valence-electron chi connectivity index (χ1n) is 6.97. The van der Waals surface area contributed by atoms with Crippen LogP contribution in [0.4, 0.5) is 0 Å². The maximum atomic E-state index is 5.16. The van der Waals surface area contributed by atoms with E-state index in [4.69, 9.17) is 9.73 Å². The zero-order valence-electron chi connectivity index (χ0n) is 12.3. The predicted molar refractivity (Wildman–Crippen MR) is 80.2 cm³/mol. The number of hydrogen-bond acceptors (Lipinski definition) is 3. The van der Waals surface area contributed by atoms with Gasteiger partial charge in [-0.1, -0.05) is 6.92 Å². The third kappa shape index (κ3) is 3.57. The van der Waals surface area contributed by atoms with E-state index in [-0.39, 0.29) is 0 Å². The summed E-state index contributed by atoms with van der Waals surface area (Å²) in [5.41, 5.74) is 1.14. The Hall–Kier alpha value is -1.35. The van der Waals surface area contributed by atoms with Crippen LogP contribution in [0, 0.1) is 5.92 Å². The van der Waals surface area contributed by atoms with E-state index in [0.29, 0.717) is 18.0 Å². The molecule has 0 radical (unpaired) electrons. The quantitative estimate of drug-likeness (QED) is 0.781. The molecule has 0 N–H and O–H groups in total. The molecule has 19 heavy (non-hydrogen) atoms. The molecular formula is C16H24N2O. The van der Waals surface area contributed by atoms with Crippen molar-refractivity contribution >= 4 is 6.21 Å². The van der Waals surface area contributed by atoms with E-state index in [9.17, 15) is 0 Å². The highest BCUT2D eigenvalue weighted by molar-refractivity contribution is 5.79. The molecule has 3 atom stereocenters. The number of nitrogens with zero attached hydrogens (tertiary/aromatic N) is 2. The molecule has 0 saturated carbocycles. The van der Waals surface area contributed by atoms with E-state index >= 15 is 0 Å². The van der Waals surface area contributed by atoms with Crippen LogP contribution in [-0.2, 0) is 0 Å². The van der Waals surface area contributed by atoms with Crippen molar-refractivity contribution in [2.75, 3.05) is 20.7 Å². The molecule has 0 aromatic heterocycles. The Labute approximate surface area is 116 Å². The maximum Gasteiger partial charge on any atom is 0.118 e. The van der Waals surface area contributed by atoms with Crippen LogP contribution in [0.5, 0.6) is 5.75 Å². The predicted octanol–water partition coefficient (Wildman–Crippen LogP) is 2.84. The Morgan fingerprint density at radius 2 is 1.95 bits per heavy atom. The molecule has 3 heteroatoms. The van der Waals surface area contributed by atoms with E-state index < -0.39 is 0 Å². The Bertz CT molecular complexity index is 427. The fourth-order valence-electron chi connectivity index (χ4n) is 2.60. The van der Waals surface area contributed by atoms with Gasteiger partial charge >= 0.3 is 0 Å². The number of hydrogen-bond donors (Lipinski definition) is 0. The van der Waals surface area contributed by atoms with Gasteiger partial charge < -0.3 is 9.64 Å². The highest BCUT2D eigenvalue weighted by Gasteiger charge is 2.27. The van der Waals surface area contributed by atoms with Crippen LogP contribution < -0.4 is 4.74 Å². The van der Waals surface area contributed by atoms with E-state index in [1.165, 1.54) is 0 Å². The minimum absolute atomic E-state index is 0.438. The summed E-state index contributed by atoms with van der Waals surface area (Å²) < 4.78 is 5.16. The average molecular weight is 260 g/mol. The second-order valence-electron chi connectivity index (χ2n) is 5.62. The Balaban J connectivity index is 2.00. The first-order chi connectivity index (χ1) is 9.10. The molecule has 0 aliphatic carbocycles.